The summed E-state index contributed by atoms with van der Waals surface area (Å²) >= 11 is 0. The average molecular weight is 293 g/mol. The molecule has 0 amide bonds. The fourth-order valence-electron chi connectivity index (χ4n) is 4.00. The van der Waals surface area contributed by atoms with Crippen LogP contribution in [0, 0.1) is 17.2 Å². The van der Waals surface area contributed by atoms with E-state index in [0.717, 1.165) is 45.6 Å². The lowest BCUT2D eigenvalue weighted by Crippen LogP contribution is -2.48. The lowest BCUT2D eigenvalue weighted by molar-refractivity contribution is 0.0719. The van der Waals surface area contributed by atoms with Crippen molar-refractivity contribution in [2.45, 2.75) is 64.0 Å². The lowest BCUT2D eigenvalue weighted by atomic mass is 9.85. The molecule has 2 rings (SSSR count). The summed E-state index contributed by atoms with van der Waals surface area (Å²) in [5.41, 5.74) is -0.266. The molecule has 1 saturated carbocycles. The summed E-state index contributed by atoms with van der Waals surface area (Å²) in [4.78, 5) is 2.50. The number of rotatable bonds is 8. The van der Waals surface area contributed by atoms with Crippen LogP contribution >= 0.6 is 0 Å². The van der Waals surface area contributed by atoms with Crippen molar-refractivity contribution in [2.75, 3.05) is 32.8 Å². The summed E-state index contributed by atoms with van der Waals surface area (Å²) in [6.07, 6.45) is 7.37. The van der Waals surface area contributed by atoms with Gasteiger partial charge in [-0.3, -0.25) is 5.32 Å². The van der Waals surface area contributed by atoms with Crippen molar-refractivity contribution in [3.63, 3.8) is 0 Å². The van der Waals surface area contributed by atoms with Gasteiger partial charge in [-0.05, 0) is 57.7 Å². The lowest BCUT2D eigenvalue weighted by Gasteiger charge is -2.32. The van der Waals surface area contributed by atoms with Gasteiger partial charge >= 0.3 is 0 Å². The molecule has 1 aliphatic heterocycles. The van der Waals surface area contributed by atoms with Gasteiger partial charge in [-0.15, -0.1) is 0 Å². The van der Waals surface area contributed by atoms with Crippen LogP contribution in [0.5, 0.6) is 0 Å². The second-order valence-corrected chi connectivity index (χ2v) is 6.52. The highest BCUT2D eigenvalue weighted by molar-refractivity contribution is 5.14. The monoisotopic (exact) mass is 293 g/mol. The Labute approximate surface area is 129 Å². The SMILES string of the molecule is CCNC1(C#N)CCCC1CCN(CC)CC1CCCO1. The number of likely N-dealkylation sites (N-methyl/N-ethyl adjacent to an activating group) is 1. The molecule has 0 bridgehead atoms. The molecule has 2 aliphatic rings. The third-order valence-electron chi connectivity index (χ3n) is 5.24. The van der Waals surface area contributed by atoms with Crippen LogP contribution in [0.1, 0.15) is 52.4 Å². The summed E-state index contributed by atoms with van der Waals surface area (Å²) in [6.45, 7) is 9.38. The minimum Gasteiger partial charge on any atom is -0.377 e. The van der Waals surface area contributed by atoms with Crippen molar-refractivity contribution in [3.05, 3.63) is 0 Å². The van der Waals surface area contributed by atoms with Gasteiger partial charge in [0.25, 0.3) is 0 Å². The molecule has 0 aromatic carbocycles. The number of ether oxygens (including phenoxy) is 1. The van der Waals surface area contributed by atoms with E-state index in [0.29, 0.717) is 12.0 Å². The predicted molar refractivity (Wildman–Crippen MR) is 85.1 cm³/mol. The molecule has 3 atom stereocenters. The van der Waals surface area contributed by atoms with E-state index in [1.165, 1.54) is 25.7 Å². The number of hydrogen-bond acceptors (Lipinski definition) is 4. The zero-order valence-electron chi connectivity index (χ0n) is 13.7. The summed E-state index contributed by atoms with van der Waals surface area (Å²) < 4.78 is 5.75. The maximum atomic E-state index is 9.62. The van der Waals surface area contributed by atoms with Gasteiger partial charge in [0.15, 0.2) is 0 Å². The summed E-state index contributed by atoms with van der Waals surface area (Å²) in [6, 6.07) is 2.59. The molecule has 1 saturated heterocycles. The van der Waals surface area contributed by atoms with Gasteiger partial charge in [-0.25, -0.2) is 0 Å². The first-order valence-corrected chi connectivity index (χ1v) is 8.74. The Bertz CT molecular complexity index is 348. The van der Waals surface area contributed by atoms with Gasteiger partial charge < -0.3 is 9.64 Å². The molecule has 3 unspecified atom stereocenters. The molecule has 1 N–H and O–H groups in total. The number of hydrogen-bond donors (Lipinski definition) is 1. The number of nitriles is 1. The van der Waals surface area contributed by atoms with Crippen LogP contribution in [0.3, 0.4) is 0 Å². The second-order valence-electron chi connectivity index (χ2n) is 6.52. The molecule has 120 valence electrons. The van der Waals surface area contributed by atoms with Crippen LogP contribution in [-0.4, -0.2) is 49.3 Å². The van der Waals surface area contributed by atoms with Crippen molar-refractivity contribution in [3.8, 4) is 6.07 Å². The first-order valence-electron chi connectivity index (χ1n) is 8.74. The third kappa shape index (κ3) is 4.18. The molecule has 4 nitrogen and oxygen atoms in total. The minimum absolute atomic E-state index is 0.266. The van der Waals surface area contributed by atoms with Crippen molar-refractivity contribution >= 4 is 0 Å². The van der Waals surface area contributed by atoms with Gasteiger partial charge in [0.1, 0.15) is 5.54 Å². The Kier molecular flexibility index (Phi) is 6.47. The molecule has 21 heavy (non-hydrogen) atoms. The van der Waals surface area contributed by atoms with E-state index < -0.39 is 0 Å². The van der Waals surface area contributed by atoms with Crippen molar-refractivity contribution < 1.29 is 4.74 Å². The molecule has 4 heteroatoms. The Morgan fingerprint density at radius 2 is 2.19 bits per heavy atom. The summed E-state index contributed by atoms with van der Waals surface area (Å²) in [5, 5.41) is 13.1. The van der Waals surface area contributed by atoms with E-state index in [9.17, 15) is 5.26 Å². The fourth-order valence-corrected chi connectivity index (χ4v) is 4.00. The average Bonchev–Trinajstić information content (AvgIpc) is 3.14. The zero-order chi connectivity index (χ0) is 15.1. The molecule has 0 aromatic heterocycles. The van der Waals surface area contributed by atoms with Crippen LogP contribution in [-0.2, 0) is 4.74 Å². The highest BCUT2D eigenvalue weighted by Gasteiger charge is 2.42. The van der Waals surface area contributed by atoms with Gasteiger partial charge in [-0.1, -0.05) is 20.3 Å². The van der Waals surface area contributed by atoms with Gasteiger partial charge in [0.05, 0.1) is 12.2 Å². The molecule has 0 spiro atoms. The first kappa shape index (κ1) is 16.7. The fraction of sp³-hybridized carbons (Fsp3) is 0.941. The van der Waals surface area contributed by atoms with Crippen LogP contribution in [0.15, 0.2) is 0 Å². The van der Waals surface area contributed by atoms with Gasteiger partial charge in [0, 0.05) is 13.2 Å². The Balaban J connectivity index is 1.83. The standard InChI is InChI=1S/C17H31N3O/c1-3-19-17(14-18)10-5-7-15(17)9-11-20(4-2)13-16-8-6-12-21-16/h15-16,19H,3-13H2,1-2H3. The quantitative estimate of drug-likeness (QED) is 0.747. The minimum atomic E-state index is -0.266. The smallest absolute Gasteiger partial charge is 0.109 e. The number of nitrogens with zero attached hydrogens (tertiary/aromatic N) is 2. The van der Waals surface area contributed by atoms with Crippen molar-refractivity contribution in [1.82, 2.24) is 10.2 Å². The van der Waals surface area contributed by atoms with E-state index in [2.05, 4.69) is 30.1 Å². The Morgan fingerprint density at radius 1 is 1.33 bits per heavy atom. The molecule has 1 aliphatic carbocycles. The van der Waals surface area contributed by atoms with Crippen LogP contribution in [0.25, 0.3) is 0 Å². The molecular weight excluding hydrogens is 262 g/mol. The first-order chi connectivity index (χ1) is 10.2. The number of nitrogens with one attached hydrogen (secondary N) is 1. The maximum Gasteiger partial charge on any atom is 0.109 e. The van der Waals surface area contributed by atoms with Crippen molar-refractivity contribution in [2.24, 2.45) is 5.92 Å². The summed E-state index contributed by atoms with van der Waals surface area (Å²) in [5.74, 6) is 0.501. The van der Waals surface area contributed by atoms with Gasteiger partial charge in [-0.2, -0.15) is 5.26 Å². The molecule has 0 radical (unpaired) electrons. The van der Waals surface area contributed by atoms with Crippen LogP contribution in [0.2, 0.25) is 0 Å². The van der Waals surface area contributed by atoms with Gasteiger partial charge in [0.2, 0.25) is 0 Å². The third-order valence-corrected chi connectivity index (χ3v) is 5.24. The summed E-state index contributed by atoms with van der Waals surface area (Å²) in [7, 11) is 0. The molecule has 0 aromatic rings. The largest absolute Gasteiger partial charge is 0.377 e. The normalized spacial score (nSPS) is 32.7. The Morgan fingerprint density at radius 3 is 2.81 bits per heavy atom. The van der Waals surface area contributed by atoms with Crippen LogP contribution < -0.4 is 5.32 Å². The second kappa shape index (κ2) is 8.12. The van der Waals surface area contributed by atoms with E-state index in [4.69, 9.17) is 4.74 Å². The molecular formula is C17H31N3O. The highest BCUT2D eigenvalue weighted by atomic mass is 16.5. The van der Waals surface area contributed by atoms with Crippen LogP contribution in [0.4, 0.5) is 0 Å². The molecule has 1 heterocycles. The maximum absolute atomic E-state index is 9.62. The van der Waals surface area contributed by atoms with E-state index in [1.807, 2.05) is 0 Å². The Hall–Kier alpha value is -0.630. The van der Waals surface area contributed by atoms with E-state index >= 15 is 0 Å². The van der Waals surface area contributed by atoms with Crippen molar-refractivity contribution in [1.29, 1.82) is 5.26 Å². The highest BCUT2D eigenvalue weighted by Crippen LogP contribution is 2.37. The van der Waals surface area contributed by atoms with E-state index in [1.54, 1.807) is 0 Å². The zero-order valence-corrected chi connectivity index (χ0v) is 13.7. The molecule has 2 fully saturated rings. The topological polar surface area (TPSA) is 48.3 Å². The van der Waals surface area contributed by atoms with E-state index in [-0.39, 0.29) is 5.54 Å². The predicted octanol–water partition coefficient (Wildman–Crippen LogP) is 2.55.